The second-order valence-corrected chi connectivity index (χ2v) is 10.4. The number of ether oxygens (including phenoxy) is 1. The molecule has 4 aromatic rings. The summed E-state index contributed by atoms with van der Waals surface area (Å²) in [7, 11) is 1.63. The van der Waals surface area contributed by atoms with Crippen LogP contribution in [0.1, 0.15) is 37.0 Å². The molecule has 0 unspecified atom stereocenters. The van der Waals surface area contributed by atoms with Crippen LogP contribution in [0.25, 0.3) is 10.8 Å². The Kier molecular flexibility index (Phi) is 9.74. The summed E-state index contributed by atoms with van der Waals surface area (Å²) in [5, 5.41) is 5.40. The predicted molar refractivity (Wildman–Crippen MR) is 158 cm³/mol. The van der Waals surface area contributed by atoms with Crippen LogP contribution in [-0.2, 0) is 29.0 Å². The second-order valence-electron chi connectivity index (χ2n) is 10.4. The molecule has 4 aromatic carbocycles. The van der Waals surface area contributed by atoms with Gasteiger partial charge >= 0.3 is 0 Å². The molecule has 4 rings (SSSR count). The van der Waals surface area contributed by atoms with Crippen molar-refractivity contribution in [2.75, 3.05) is 13.7 Å². The molecular weight excluding hydrogens is 484 g/mol. The van der Waals surface area contributed by atoms with E-state index in [2.05, 4.69) is 43.4 Å². The third-order valence-corrected chi connectivity index (χ3v) is 6.93. The van der Waals surface area contributed by atoms with E-state index in [-0.39, 0.29) is 11.8 Å². The van der Waals surface area contributed by atoms with Gasteiger partial charge in [0.25, 0.3) is 0 Å². The predicted octanol–water partition coefficient (Wildman–Crippen LogP) is 6.19. The van der Waals surface area contributed by atoms with E-state index >= 15 is 0 Å². The zero-order valence-corrected chi connectivity index (χ0v) is 23.1. The number of fused-ring (bicyclic) bond motifs is 1. The van der Waals surface area contributed by atoms with Crippen LogP contribution in [0, 0.1) is 5.92 Å². The minimum atomic E-state index is -0.641. The summed E-state index contributed by atoms with van der Waals surface area (Å²) >= 11 is 0. The first kappa shape index (κ1) is 27.9. The standard InChI is InChI=1S/C34H38N2O3/c1-25(2)23-35-34(38)32(22-26-11-5-4-6-12-26)36(24-27-13-9-17-30(21-27)39-3)33(37)20-19-29-16-10-15-28-14-7-8-18-31(28)29/h4-18,21,25,32H,19-20,22-24H2,1-3H3,(H,35,38)/t32-/m0/s1. The molecule has 0 aliphatic carbocycles. The van der Waals surface area contributed by atoms with Crippen molar-refractivity contribution in [1.29, 1.82) is 0 Å². The van der Waals surface area contributed by atoms with Gasteiger partial charge in [-0.1, -0.05) is 98.8 Å². The van der Waals surface area contributed by atoms with Gasteiger partial charge in [-0.3, -0.25) is 9.59 Å². The highest BCUT2D eigenvalue weighted by atomic mass is 16.5. The number of hydrogen-bond donors (Lipinski definition) is 1. The van der Waals surface area contributed by atoms with Crippen molar-refractivity contribution in [1.82, 2.24) is 10.2 Å². The van der Waals surface area contributed by atoms with Crippen molar-refractivity contribution in [2.24, 2.45) is 5.92 Å². The van der Waals surface area contributed by atoms with Crippen LogP contribution < -0.4 is 10.1 Å². The Morgan fingerprint density at radius 1 is 0.846 bits per heavy atom. The van der Waals surface area contributed by atoms with Crippen LogP contribution in [0.2, 0.25) is 0 Å². The zero-order valence-electron chi connectivity index (χ0n) is 23.1. The Hall–Kier alpha value is -4.12. The Morgan fingerprint density at radius 3 is 2.31 bits per heavy atom. The third-order valence-electron chi connectivity index (χ3n) is 6.93. The van der Waals surface area contributed by atoms with Crippen LogP contribution in [0.15, 0.2) is 97.1 Å². The molecule has 5 nitrogen and oxygen atoms in total. The highest BCUT2D eigenvalue weighted by Gasteiger charge is 2.30. The largest absolute Gasteiger partial charge is 0.497 e. The Bertz CT molecular complexity index is 1380. The molecule has 0 heterocycles. The minimum absolute atomic E-state index is 0.0496. The fraction of sp³-hybridized carbons (Fsp3) is 0.294. The molecule has 0 radical (unpaired) electrons. The van der Waals surface area contributed by atoms with E-state index in [4.69, 9.17) is 4.74 Å². The molecule has 0 aromatic heterocycles. The van der Waals surface area contributed by atoms with Gasteiger partial charge in [0.15, 0.2) is 0 Å². The molecule has 1 N–H and O–H groups in total. The first-order valence-electron chi connectivity index (χ1n) is 13.6. The van der Waals surface area contributed by atoms with Gasteiger partial charge in [0, 0.05) is 25.9 Å². The number of nitrogens with zero attached hydrogens (tertiary/aromatic N) is 1. The zero-order chi connectivity index (χ0) is 27.6. The van der Waals surface area contributed by atoms with Gasteiger partial charge in [-0.15, -0.1) is 0 Å². The quantitative estimate of drug-likeness (QED) is 0.241. The van der Waals surface area contributed by atoms with E-state index in [1.807, 2.05) is 72.8 Å². The summed E-state index contributed by atoms with van der Waals surface area (Å²) in [5.41, 5.74) is 3.06. The lowest BCUT2D eigenvalue weighted by atomic mass is 9.99. The van der Waals surface area contributed by atoms with Crippen LogP contribution in [0.5, 0.6) is 5.75 Å². The monoisotopic (exact) mass is 522 g/mol. The number of amides is 2. The fourth-order valence-electron chi connectivity index (χ4n) is 4.84. The third kappa shape index (κ3) is 7.70. The van der Waals surface area contributed by atoms with Gasteiger partial charge in [-0.05, 0) is 51.9 Å². The Balaban J connectivity index is 1.65. The first-order valence-corrected chi connectivity index (χ1v) is 13.6. The normalized spacial score (nSPS) is 11.8. The average Bonchev–Trinajstić information content (AvgIpc) is 2.97. The lowest BCUT2D eigenvalue weighted by Gasteiger charge is -2.32. The van der Waals surface area contributed by atoms with Crippen LogP contribution >= 0.6 is 0 Å². The highest BCUT2D eigenvalue weighted by molar-refractivity contribution is 5.89. The molecule has 0 saturated carbocycles. The van der Waals surface area contributed by atoms with Crippen molar-refractivity contribution >= 4 is 22.6 Å². The smallest absolute Gasteiger partial charge is 0.243 e. The van der Waals surface area contributed by atoms with E-state index in [0.29, 0.717) is 38.3 Å². The van der Waals surface area contributed by atoms with E-state index in [0.717, 1.165) is 33.2 Å². The molecule has 5 heteroatoms. The van der Waals surface area contributed by atoms with Gasteiger partial charge in [-0.2, -0.15) is 0 Å². The SMILES string of the molecule is COc1cccc(CN(C(=O)CCc2cccc3ccccc23)[C@@H](Cc2ccccc2)C(=O)NCC(C)C)c1. The van der Waals surface area contributed by atoms with E-state index in [1.54, 1.807) is 12.0 Å². The lowest BCUT2D eigenvalue weighted by molar-refractivity contribution is -0.141. The Labute approximate surface area is 231 Å². The number of carbonyl (C=O) groups excluding carboxylic acids is 2. The Morgan fingerprint density at radius 2 is 1.54 bits per heavy atom. The number of benzene rings is 4. The highest BCUT2D eigenvalue weighted by Crippen LogP contribution is 2.22. The fourth-order valence-corrected chi connectivity index (χ4v) is 4.84. The number of nitrogens with one attached hydrogen (secondary N) is 1. The van der Waals surface area contributed by atoms with Gasteiger partial charge in [0.05, 0.1) is 7.11 Å². The molecule has 0 spiro atoms. The average molecular weight is 523 g/mol. The maximum Gasteiger partial charge on any atom is 0.243 e. The maximum atomic E-state index is 14.0. The molecule has 2 amide bonds. The molecule has 1 atom stereocenters. The maximum absolute atomic E-state index is 14.0. The summed E-state index contributed by atoms with van der Waals surface area (Å²) in [6.07, 6.45) is 1.34. The molecular formula is C34H38N2O3. The molecule has 202 valence electrons. The van der Waals surface area contributed by atoms with Crippen molar-refractivity contribution in [3.8, 4) is 5.75 Å². The number of methoxy groups -OCH3 is 1. The molecule has 0 aliphatic heterocycles. The van der Waals surface area contributed by atoms with E-state index in [1.165, 1.54) is 0 Å². The lowest BCUT2D eigenvalue weighted by Crippen LogP contribution is -2.51. The van der Waals surface area contributed by atoms with Gasteiger partial charge in [0.1, 0.15) is 11.8 Å². The van der Waals surface area contributed by atoms with Gasteiger partial charge in [0.2, 0.25) is 11.8 Å². The van der Waals surface area contributed by atoms with Crippen LogP contribution in [-0.4, -0.2) is 36.4 Å². The molecule has 0 saturated heterocycles. The topological polar surface area (TPSA) is 58.6 Å². The van der Waals surface area contributed by atoms with E-state index < -0.39 is 6.04 Å². The number of carbonyl (C=O) groups is 2. The summed E-state index contributed by atoms with van der Waals surface area (Å²) in [6, 6.07) is 31.4. The second kappa shape index (κ2) is 13.6. The molecule has 0 bridgehead atoms. The van der Waals surface area contributed by atoms with Gasteiger partial charge < -0.3 is 15.0 Å². The summed E-state index contributed by atoms with van der Waals surface area (Å²) in [4.78, 5) is 29.4. The van der Waals surface area contributed by atoms with Crippen molar-refractivity contribution in [2.45, 2.75) is 45.7 Å². The van der Waals surface area contributed by atoms with Crippen LogP contribution in [0.3, 0.4) is 0 Å². The van der Waals surface area contributed by atoms with Crippen molar-refractivity contribution in [3.05, 3.63) is 114 Å². The molecule has 0 aliphatic rings. The molecule has 0 fully saturated rings. The number of hydrogen-bond acceptors (Lipinski definition) is 3. The van der Waals surface area contributed by atoms with Crippen molar-refractivity contribution < 1.29 is 14.3 Å². The summed E-state index contributed by atoms with van der Waals surface area (Å²) in [5.74, 6) is 0.847. The number of rotatable bonds is 12. The van der Waals surface area contributed by atoms with E-state index in [9.17, 15) is 9.59 Å². The van der Waals surface area contributed by atoms with Gasteiger partial charge in [-0.25, -0.2) is 0 Å². The number of aryl methyl sites for hydroxylation is 1. The van der Waals surface area contributed by atoms with Crippen molar-refractivity contribution in [3.63, 3.8) is 0 Å². The van der Waals surface area contributed by atoms with Crippen LogP contribution in [0.4, 0.5) is 0 Å². The molecule has 39 heavy (non-hydrogen) atoms. The summed E-state index contributed by atoms with van der Waals surface area (Å²) < 4.78 is 5.43. The summed E-state index contributed by atoms with van der Waals surface area (Å²) in [6.45, 7) is 5.01. The minimum Gasteiger partial charge on any atom is -0.497 e. The first-order chi connectivity index (χ1) is 18.9.